The van der Waals surface area contributed by atoms with Crippen LogP contribution in [0.4, 0.5) is 4.79 Å². The molecule has 140 valence electrons. The van der Waals surface area contributed by atoms with Gasteiger partial charge in [0.1, 0.15) is 6.61 Å². The van der Waals surface area contributed by atoms with Gasteiger partial charge in [0.2, 0.25) is 0 Å². The van der Waals surface area contributed by atoms with Crippen molar-refractivity contribution in [2.75, 3.05) is 13.2 Å². The Morgan fingerprint density at radius 3 is 2.26 bits per heavy atom. The van der Waals surface area contributed by atoms with Gasteiger partial charge in [0.05, 0.1) is 5.92 Å². The maximum atomic E-state index is 12.7. The predicted octanol–water partition coefficient (Wildman–Crippen LogP) is 4.12. The van der Waals surface area contributed by atoms with Crippen LogP contribution in [0.15, 0.2) is 48.5 Å². The van der Waals surface area contributed by atoms with E-state index in [1.54, 1.807) is 11.8 Å². The lowest BCUT2D eigenvalue weighted by atomic mass is 9.91. The summed E-state index contributed by atoms with van der Waals surface area (Å²) in [5, 5.41) is 9.35. The summed E-state index contributed by atoms with van der Waals surface area (Å²) < 4.78 is 5.67. The molecule has 1 aliphatic carbocycles. The van der Waals surface area contributed by atoms with Crippen molar-refractivity contribution in [3.8, 4) is 11.1 Å². The number of rotatable bonds is 3. The van der Waals surface area contributed by atoms with Gasteiger partial charge < -0.3 is 14.7 Å². The Balaban J connectivity index is 1.50. The van der Waals surface area contributed by atoms with Crippen LogP contribution < -0.4 is 0 Å². The Bertz CT molecular complexity index is 833. The number of piperidine rings is 1. The molecule has 5 nitrogen and oxygen atoms in total. The smallest absolute Gasteiger partial charge is 0.410 e. The summed E-state index contributed by atoms with van der Waals surface area (Å²) in [6, 6.07) is 16.0. The van der Waals surface area contributed by atoms with Crippen LogP contribution in [0, 0.1) is 5.92 Å². The Hall–Kier alpha value is -2.82. The molecule has 1 amide bonds. The fraction of sp³-hybridized carbons (Fsp3) is 0.364. The third kappa shape index (κ3) is 3.07. The Morgan fingerprint density at radius 1 is 1.07 bits per heavy atom. The zero-order valence-corrected chi connectivity index (χ0v) is 15.3. The van der Waals surface area contributed by atoms with E-state index < -0.39 is 18.0 Å². The van der Waals surface area contributed by atoms with Gasteiger partial charge in [-0.3, -0.25) is 4.79 Å². The number of benzene rings is 2. The molecule has 1 N–H and O–H groups in total. The van der Waals surface area contributed by atoms with E-state index in [-0.39, 0.29) is 18.6 Å². The molecule has 1 heterocycles. The van der Waals surface area contributed by atoms with Crippen molar-refractivity contribution in [1.82, 2.24) is 4.90 Å². The molecule has 0 bridgehead atoms. The Labute approximate surface area is 158 Å². The molecule has 0 aromatic heterocycles. The number of fused-ring (bicyclic) bond motifs is 3. The highest BCUT2D eigenvalue weighted by Gasteiger charge is 2.37. The number of hydrogen-bond donors (Lipinski definition) is 1. The van der Waals surface area contributed by atoms with Crippen LogP contribution in [0.1, 0.15) is 36.8 Å². The van der Waals surface area contributed by atoms with Gasteiger partial charge in [0, 0.05) is 18.5 Å². The molecule has 2 aliphatic rings. The monoisotopic (exact) mass is 365 g/mol. The molecule has 0 spiro atoms. The molecule has 27 heavy (non-hydrogen) atoms. The molecular formula is C22H23NO4. The highest BCUT2D eigenvalue weighted by Crippen LogP contribution is 2.44. The van der Waals surface area contributed by atoms with Crippen molar-refractivity contribution in [2.24, 2.45) is 5.92 Å². The lowest BCUT2D eigenvalue weighted by molar-refractivity contribution is -0.145. The first-order valence-electron chi connectivity index (χ1n) is 9.42. The second-order valence-electron chi connectivity index (χ2n) is 7.32. The number of amides is 1. The summed E-state index contributed by atoms with van der Waals surface area (Å²) in [7, 11) is 0. The van der Waals surface area contributed by atoms with E-state index in [1.165, 1.54) is 22.3 Å². The molecule has 4 rings (SSSR count). The molecule has 2 atom stereocenters. The average Bonchev–Trinajstić information content (AvgIpc) is 3.00. The number of carbonyl (C=O) groups is 2. The number of aliphatic carboxylic acids is 1. The van der Waals surface area contributed by atoms with E-state index in [1.807, 2.05) is 24.3 Å². The largest absolute Gasteiger partial charge is 0.481 e. The molecule has 1 aliphatic heterocycles. The first-order valence-corrected chi connectivity index (χ1v) is 9.42. The molecule has 0 unspecified atom stereocenters. The van der Waals surface area contributed by atoms with Crippen LogP contribution in [0.25, 0.3) is 11.1 Å². The standard InChI is InChI=1S/C22H23NO4/c1-14-15(21(24)25)11-6-12-23(14)22(26)27-13-20-18-9-4-2-7-16(18)17-8-3-5-10-19(17)20/h2-5,7-10,14-15,20H,6,11-13H2,1H3,(H,24,25)/t14-,15+/m1/s1. The summed E-state index contributed by atoms with van der Waals surface area (Å²) in [6.45, 7) is 2.59. The van der Waals surface area contributed by atoms with Crippen LogP contribution in [0.5, 0.6) is 0 Å². The zero-order chi connectivity index (χ0) is 19.0. The molecule has 1 saturated heterocycles. The fourth-order valence-corrected chi connectivity index (χ4v) is 4.41. The minimum Gasteiger partial charge on any atom is -0.481 e. The molecule has 0 saturated carbocycles. The minimum atomic E-state index is -0.848. The van der Waals surface area contributed by atoms with Gasteiger partial charge in [-0.25, -0.2) is 4.79 Å². The summed E-state index contributed by atoms with van der Waals surface area (Å²) in [5.41, 5.74) is 4.71. The van der Waals surface area contributed by atoms with Crippen LogP contribution in [-0.2, 0) is 9.53 Å². The Kier molecular flexibility index (Phi) is 4.60. The molecular weight excluding hydrogens is 342 g/mol. The molecule has 1 fully saturated rings. The van der Waals surface area contributed by atoms with Gasteiger partial charge >= 0.3 is 12.1 Å². The summed E-state index contributed by atoms with van der Waals surface area (Å²) in [6.07, 6.45) is 0.866. The number of ether oxygens (including phenoxy) is 1. The number of hydrogen-bond acceptors (Lipinski definition) is 3. The first-order chi connectivity index (χ1) is 13.1. The lowest BCUT2D eigenvalue weighted by Crippen LogP contribution is -2.49. The first kappa shape index (κ1) is 17.6. The molecule has 0 radical (unpaired) electrons. The van der Waals surface area contributed by atoms with E-state index >= 15 is 0 Å². The zero-order valence-electron chi connectivity index (χ0n) is 15.3. The predicted molar refractivity (Wildman–Crippen MR) is 102 cm³/mol. The normalized spacial score (nSPS) is 21.4. The van der Waals surface area contributed by atoms with Crippen LogP contribution in [-0.4, -0.2) is 41.3 Å². The van der Waals surface area contributed by atoms with Gasteiger partial charge in [0.25, 0.3) is 0 Å². The average molecular weight is 365 g/mol. The van der Waals surface area contributed by atoms with Gasteiger partial charge in [-0.2, -0.15) is 0 Å². The second-order valence-corrected chi connectivity index (χ2v) is 7.32. The SMILES string of the molecule is C[C@@H]1[C@@H](C(=O)O)CCCN1C(=O)OCC1c2ccccc2-c2ccccc21. The van der Waals surface area contributed by atoms with Gasteiger partial charge in [-0.15, -0.1) is 0 Å². The Morgan fingerprint density at radius 2 is 1.67 bits per heavy atom. The van der Waals surface area contributed by atoms with E-state index in [2.05, 4.69) is 24.3 Å². The van der Waals surface area contributed by atoms with E-state index in [0.29, 0.717) is 19.4 Å². The summed E-state index contributed by atoms with van der Waals surface area (Å²) >= 11 is 0. The third-order valence-corrected chi connectivity index (χ3v) is 5.88. The highest BCUT2D eigenvalue weighted by molar-refractivity contribution is 5.79. The topological polar surface area (TPSA) is 66.8 Å². The number of carboxylic acid groups (broad SMARTS) is 1. The van der Waals surface area contributed by atoms with Gasteiger partial charge in [0.15, 0.2) is 0 Å². The van der Waals surface area contributed by atoms with Crippen molar-refractivity contribution < 1.29 is 19.4 Å². The highest BCUT2D eigenvalue weighted by atomic mass is 16.6. The maximum Gasteiger partial charge on any atom is 0.410 e. The number of carbonyl (C=O) groups excluding carboxylic acids is 1. The third-order valence-electron chi connectivity index (χ3n) is 5.88. The number of likely N-dealkylation sites (tertiary alicyclic amines) is 1. The van der Waals surface area contributed by atoms with Gasteiger partial charge in [-0.05, 0) is 42.0 Å². The number of nitrogens with zero attached hydrogens (tertiary/aromatic N) is 1. The van der Waals surface area contributed by atoms with Crippen molar-refractivity contribution in [3.63, 3.8) is 0 Å². The van der Waals surface area contributed by atoms with Crippen LogP contribution >= 0.6 is 0 Å². The van der Waals surface area contributed by atoms with Crippen molar-refractivity contribution >= 4 is 12.1 Å². The van der Waals surface area contributed by atoms with Crippen molar-refractivity contribution in [1.29, 1.82) is 0 Å². The van der Waals surface area contributed by atoms with E-state index in [4.69, 9.17) is 4.74 Å². The van der Waals surface area contributed by atoms with Crippen molar-refractivity contribution in [2.45, 2.75) is 31.7 Å². The number of carboxylic acids is 1. The van der Waals surface area contributed by atoms with Gasteiger partial charge in [-0.1, -0.05) is 48.5 Å². The van der Waals surface area contributed by atoms with Crippen molar-refractivity contribution in [3.05, 3.63) is 59.7 Å². The quantitative estimate of drug-likeness (QED) is 0.888. The minimum absolute atomic E-state index is 0.0108. The van der Waals surface area contributed by atoms with Crippen LogP contribution in [0.2, 0.25) is 0 Å². The molecule has 5 heteroatoms. The van der Waals surface area contributed by atoms with Crippen LogP contribution in [0.3, 0.4) is 0 Å². The lowest BCUT2D eigenvalue weighted by Gasteiger charge is -2.36. The molecule has 2 aromatic carbocycles. The second kappa shape index (κ2) is 7.06. The molecule has 2 aromatic rings. The maximum absolute atomic E-state index is 12.7. The van der Waals surface area contributed by atoms with E-state index in [9.17, 15) is 14.7 Å². The van der Waals surface area contributed by atoms with E-state index in [0.717, 1.165) is 0 Å². The summed E-state index contributed by atoms with van der Waals surface area (Å²) in [5.74, 6) is -1.37. The fourth-order valence-electron chi connectivity index (χ4n) is 4.41. The summed E-state index contributed by atoms with van der Waals surface area (Å²) in [4.78, 5) is 25.6.